The molecule has 2 rings (SSSR count). The molecule has 0 N–H and O–H groups in total. The van der Waals surface area contributed by atoms with Crippen LogP contribution in [0.2, 0.25) is 0 Å². The lowest BCUT2D eigenvalue weighted by Gasteiger charge is -2.52. The molecule has 0 heterocycles. The minimum Gasteiger partial charge on any atom is -0.194 e. The Morgan fingerprint density at radius 3 is 0.500 bits per heavy atom. The zero-order valence-corrected chi connectivity index (χ0v) is 11.0. The second-order valence-electron chi connectivity index (χ2n) is 5.35. The van der Waals surface area contributed by atoms with Crippen LogP contribution in [0.4, 0.5) is 70.2 Å². The molecule has 0 bridgehead atoms. The van der Waals surface area contributed by atoms with E-state index >= 15 is 0 Å². The molecule has 0 aromatic rings. The van der Waals surface area contributed by atoms with Crippen LogP contribution in [0.15, 0.2) is 11.1 Å². The fourth-order valence-electron chi connectivity index (χ4n) is 2.44. The fraction of sp³-hybridized carbons (Fsp3) is 0.800. The number of halogens is 16. The van der Waals surface area contributed by atoms with E-state index in [0.29, 0.717) is 0 Å². The van der Waals surface area contributed by atoms with E-state index in [2.05, 4.69) is 0 Å². The average Bonchev–Trinajstić information content (AvgIpc) is 2.39. The zero-order valence-electron chi connectivity index (χ0n) is 11.0. The van der Waals surface area contributed by atoms with Crippen LogP contribution in [-0.4, -0.2) is 47.4 Å². The lowest BCUT2D eigenvalue weighted by molar-refractivity contribution is -0.411. The monoisotopic (exact) mass is 424 g/mol. The van der Waals surface area contributed by atoms with Crippen LogP contribution >= 0.6 is 0 Å². The van der Waals surface area contributed by atoms with Crippen molar-refractivity contribution in [2.75, 3.05) is 0 Å². The number of allylic oxidation sites excluding steroid dienone is 2. The maximum absolute atomic E-state index is 13.4. The summed E-state index contributed by atoms with van der Waals surface area (Å²) in [6.07, 6.45) is 0. The van der Waals surface area contributed by atoms with Crippen LogP contribution in [0.1, 0.15) is 0 Å². The van der Waals surface area contributed by atoms with Crippen LogP contribution in [0.5, 0.6) is 0 Å². The maximum atomic E-state index is 13.4. The van der Waals surface area contributed by atoms with E-state index in [1.807, 2.05) is 0 Å². The molecule has 0 fully saturated rings. The first-order valence-electron chi connectivity index (χ1n) is 5.77. The highest BCUT2D eigenvalue weighted by Crippen LogP contribution is 2.73. The molecule has 2 aliphatic rings. The Morgan fingerprint density at radius 1 is 0.269 bits per heavy atom. The smallest absolute Gasteiger partial charge is 0.194 e. The van der Waals surface area contributed by atoms with Gasteiger partial charge in [-0.2, -0.15) is 70.2 Å². The van der Waals surface area contributed by atoms with Gasteiger partial charge in [-0.05, 0) is 0 Å². The van der Waals surface area contributed by atoms with E-state index in [1.54, 1.807) is 0 Å². The van der Waals surface area contributed by atoms with Crippen LogP contribution in [0.25, 0.3) is 0 Å². The topological polar surface area (TPSA) is 0 Å². The Morgan fingerprint density at radius 2 is 0.385 bits per heavy atom. The van der Waals surface area contributed by atoms with Gasteiger partial charge in [0.15, 0.2) is 0 Å². The van der Waals surface area contributed by atoms with E-state index in [4.69, 9.17) is 0 Å². The van der Waals surface area contributed by atoms with Crippen LogP contribution in [-0.2, 0) is 0 Å². The molecular weight excluding hydrogens is 424 g/mol. The SMILES string of the molecule is FC1(F)C2=C(C(F)(F)C(F)(F)C1(F)F)C(F)(F)C(F)(F)C(F)(F)C2(F)F. The maximum Gasteiger partial charge on any atom is 0.382 e. The zero-order chi connectivity index (χ0) is 21.2. The third-order valence-electron chi connectivity index (χ3n) is 3.87. The molecule has 0 saturated carbocycles. The van der Waals surface area contributed by atoms with Crippen molar-refractivity contribution < 1.29 is 70.2 Å². The lowest BCUT2D eigenvalue weighted by Crippen LogP contribution is -2.78. The highest BCUT2D eigenvalue weighted by atomic mass is 19.4. The first kappa shape index (κ1) is 20.9. The van der Waals surface area contributed by atoms with Crippen molar-refractivity contribution in [3.63, 3.8) is 0 Å². The average molecular weight is 424 g/mol. The number of hydrogen-bond acceptors (Lipinski definition) is 0. The Hall–Kier alpha value is -1.38. The van der Waals surface area contributed by atoms with Gasteiger partial charge in [-0.1, -0.05) is 0 Å². The number of alkyl halides is 16. The van der Waals surface area contributed by atoms with Gasteiger partial charge in [-0.25, -0.2) is 0 Å². The number of rotatable bonds is 0. The molecule has 2 aliphatic carbocycles. The molecule has 0 radical (unpaired) electrons. The molecule has 0 amide bonds. The van der Waals surface area contributed by atoms with Gasteiger partial charge in [0.05, 0.1) is 11.1 Å². The van der Waals surface area contributed by atoms with Gasteiger partial charge < -0.3 is 0 Å². The van der Waals surface area contributed by atoms with Gasteiger partial charge in [-0.15, -0.1) is 0 Å². The number of hydrogen-bond donors (Lipinski definition) is 0. The van der Waals surface area contributed by atoms with Crippen molar-refractivity contribution in [3.05, 3.63) is 11.1 Å². The third kappa shape index (κ3) is 1.63. The highest BCUT2D eigenvalue weighted by molar-refractivity contribution is 5.51. The molecule has 0 unspecified atom stereocenters. The van der Waals surface area contributed by atoms with Crippen LogP contribution in [0.3, 0.4) is 0 Å². The molecule has 0 saturated heterocycles. The van der Waals surface area contributed by atoms with Crippen LogP contribution in [0, 0.1) is 0 Å². The fourth-order valence-corrected chi connectivity index (χ4v) is 2.44. The van der Waals surface area contributed by atoms with Gasteiger partial charge in [0, 0.05) is 0 Å². The summed E-state index contributed by atoms with van der Waals surface area (Å²) in [7, 11) is 0. The summed E-state index contributed by atoms with van der Waals surface area (Å²) in [5.41, 5.74) is -9.77. The van der Waals surface area contributed by atoms with Crippen molar-refractivity contribution in [1.82, 2.24) is 0 Å². The second-order valence-corrected chi connectivity index (χ2v) is 5.35. The van der Waals surface area contributed by atoms with E-state index < -0.39 is 58.5 Å². The van der Waals surface area contributed by atoms with Crippen molar-refractivity contribution in [2.24, 2.45) is 0 Å². The van der Waals surface area contributed by atoms with Crippen molar-refractivity contribution in [2.45, 2.75) is 47.4 Å². The van der Waals surface area contributed by atoms with Gasteiger partial charge in [0.2, 0.25) is 0 Å². The minimum absolute atomic E-state index is 4.88. The predicted molar refractivity (Wildman–Crippen MR) is 46.6 cm³/mol. The van der Waals surface area contributed by atoms with Gasteiger partial charge in [0.25, 0.3) is 0 Å². The molecule has 26 heavy (non-hydrogen) atoms. The van der Waals surface area contributed by atoms with Crippen molar-refractivity contribution in [3.8, 4) is 0 Å². The molecule has 0 aliphatic heterocycles. The quantitative estimate of drug-likeness (QED) is 0.362. The van der Waals surface area contributed by atoms with E-state index in [0.717, 1.165) is 0 Å². The molecule has 0 nitrogen and oxygen atoms in total. The standard InChI is InChI=1S/C10F16/c11-3(12)1-2(5(15,16)9(23,24)7(3,19)20)6(17,18)10(25,26)8(21,22)4(1,13)14. The summed E-state index contributed by atoms with van der Waals surface area (Å²) in [6, 6.07) is 0. The minimum atomic E-state index is -7.61. The Balaban J connectivity index is 3.17. The molecule has 0 aromatic carbocycles. The van der Waals surface area contributed by atoms with Crippen LogP contribution < -0.4 is 0 Å². The summed E-state index contributed by atoms with van der Waals surface area (Å²) in [5.74, 6) is -60.3. The summed E-state index contributed by atoms with van der Waals surface area (Å²) < 4.78 is 211. The van der Waals surface area contributed by atoms with Gasteiger partial charge >= 0.3 is 47.4 Å². The van der Waals surface area contributed by atoms with E-state index in [9.17, 15) is 70.2 Å². The van der Waals surface area contributed by atoms with E-state index in [1.165, 1.54) is 0 Å². The summed E-state index contributed by atoms with van der Waals surface area (Å²) >= 11 is 0. The summed E-state index contributed by atoms with van der Waals surface area (Å²) in [6.45, 7) is 0. The third-order valence-corrected chi connectivity index (χ3v) is 3.87. The molecule has 0 aromatic heterocycles. The first-order valence-corrected chi connectivity index (χ1v) is 5.77. The molecule has 152 valence electrons. The second kappa shape index (κ2) is 4.36. The Kier molecular flexibility index (Phi) is 3.51. The Labute approximate surface area is 130 Å². The molecular formula is C10F16. The van der Waals surface area contributed by atoms with E-state index in [-0.39, 0.29) is 0 Å². The van der Waals surface area contributed by atoms with Gasteiger partial charge in [0.1, 0.15) is 0 Å². The molecule has 0 spiro atoms. The lowest BCUT2D eigenvalue weighted by atomic mass is 9.68. The largest absolute Gasteiger partial charge is 0.382 e. The highest BCUT2D eigenvalue weighted by Gasteiger charge is 2.98. The predicted octanol–water partition coefficient (Wildman–Crippen LogP) is 5.39. The Bertz CT molecular complexity index is 565. The van der Waals surface area contributed by atoms with Crippen molar-refractivity contribution >= 4 is 0 Å². The summed E-state index contributed by atoms with van der Waals surface area (Å²) in [4.78, 5) is 0. The normalized spacial score (nSPS) is 34.2. The first-order chi connectivity index (χ1) is 11.0. The van der Waals surface area contributed by atoms with Gasteiger partial charge in [-0.3, -0.25) is 0 Å². The molecule has 16 heteroatoms. The van der Waals surface area contributed by atoms with Crippen molar-refractivity contribution in [1.29, 1.82) is 0 Å². The summed E-state index contributed by atoms with van der Waals surface area (Å²) in [5, 5.41) is 0. The molecule has 0 atom stereocenters.